The first-order valence-electron chi connectivity index (χ1n) is 9.92. The van der Waals surface area contributed by atoms with E-state index in [-0.39, 0.29) is 29.8 Å². The molecule has 1 atom stereocenters. The summed E-state index contributed by atoms with van der Waals surface area (Å²) in [5.41, 5.74) is 1.84. The van der Waals surface area contributed by atoms with Gasteiger partial charge in [-0.1, -0.05) is 23.5 Å². The predicted octanol–water partition coefficient (Wildman–Crippen LogP) is 4.13. The summed E-state index contributed by atoms with van der Waals surface area (Å²) in [4.78, 5) is 29.1. The number of rotatable bonds is 7. The lowest BCUT2D eigenvalue weighted by Gasteiger charge is -2.14. The Kier molecular flexibility index (Phi) is 5.72. The Morgan fingerprint density at radius 3 is 2.63 bits per heavy atom. The first kappa shape index (κ1) is 21.1. The number of halogens is 1. The van der Waals surface area contributed by atoms with E-state index in [1.807, 2.05) is 6.08 Å². The molecule has 1 aromatic heterocycles. The number of thiazole rings is 1. The van der Waals surface area contributed by atoms with Gasteiger partial charge in [0.2, 0.25) is 0 Å². The van der Waals surface area contributed by atoms with Crippen LogP contribution in [0.3, 0.4) is 0 Å². The lowest BCUT2D eigenvalue weighted by Crippen LogP contribution is -2.09. The van der Waals surface area contributed by atoms with Gasteiger partial charge < -0.3 is 0 Å². The van der Waals surface area contributed by atoms with Crippen LogP contribution in [0, 0.1) is 11.0 Å². The first-order chi connectivity index (χ1) is 14.2. The minimum atomic E-state index is -3.38. The van der Waals surface area contributed by atoms with Gasteiger partial charge in [-0.15, -0.1) is 0 Å². The van der Waals surface area contributed by atoms with Crippen molar-refractivity contribution in [3.8, 4) is 0 Å². The molecule has 2 fully saturated rings. The molecule has 0 N–H and O–H groups in total. The molecule has 1 aromatic carbocycles. The molecule has 0 aliphatic heterocycles. The van der Waals surface area contributed by atoms with Gasteiger partial charge in [-0.05, 0) is 54.4 Å². The second-order valence-electron chi connectivity index (χ2n) is 8.08. The number of carbonyl (C=O) groups is 2. The number of hydrogen-bond donors (Lipinski definition) is 0. The third-order valence-electron chi connectivity index (χ3n) is 5.56. The van der Waals surface area contributed by atoms with E-state index in [1.165, 1.54) is 6.26 Å². The molecule has 0 amide bonds. The zero-order chi connectivity index (χ0) is 21.5. The maximum absolute atomic E-state index is 13.3. The summed E-state index contributed by atoms with van der Waals surface area (Å²) in [6.45, 7) is 0. The van der Waals surface area contributed by atoms with Crippen LogP contribution in [0.25, 0.3) is 5.57 Å². The van der Waals surface area contributed by atoms with E-state index in [0.717, 1.165) is 35.9 Å². The summed E-state index contributed by atoms with van der Waals surface area (Å²) < 4.78 is 37.7. The predicted molar refractivity (Wildman–Crippen MR) is 113 cm³/mol. The number of nitrogens with zero attached hydrogens (tertiary/aromatic N) is 1. The second-order valence-corrected chi connectivity index (χ2v) is 11.1. The number of carbonyl (C=O) groups excluding carboxylic acids is 2. The van der Waals surface area contributed by atoms with Crippen molar-refractivity contribution in [3.63, 3.8) is 0 Å². The number of ketones is 2. The molecule has 2 aromatic rings. The summed E-state index contributed by atoms with van der Waals surface area (Å²) in [5.74, 6) is 0.129. The molecule has 4 rings (SSSR count). The van der Waals surface area contributed by atoms with Gasteiger partial charge in [-0.3, -0.25) is 9.59 Å². The number of aromatic nitrogens is 1. The zero-order valence-corrected chi connectivity index (χ0v) is 18.2. The Morgan fingerprint density at radius 2 is 2.07 bits per heavy atom. The van der Waals surface area contributed by atoms with Gasteiger partial charge in [0.05, 0.1) is 17.5 Å². The van der Waals surface area contributed by atoms with Crippen molar-refractivity contribution in [2.45, 2.75) is 49.3 Å². The van der Waals surface area contributed by atoms with Gasteiger partial charge in [0, 0.05) is 24.7 Å². The summed E-state index contributed by atoms with van der Waals surface area (Å²) in [6, 6.07) is 5.03. The molecule has 0 radical (unpaired) electrons. The van der Waals surface area contributed by atoms with Crippen LogP contribution in [0.4, 0.5) is 4.39 Å². The van der Waals surface area contributed by atoms with Gasteiger partial charge >= 0.3 is 0 Å². The average Bonchev–Trinajstić information content (AvgIpc) is 3.33. The Bertz CT molecular complexity index is 1150. The fourth-order valence-electron chi connectivity index (χ4n) is 3.94. The van der Waals surface area contributed by atoms with Crippen molar-refractivity contribution in [2.24, 2.45) is 5.92 Å². The summed E-state index contributed by atoms with van der Waals surface area (Å²) in [5, 5.41) is -0.0562. The van der Waals surface area contributed by atoms with Crippen LogP contribution >= 0.6 is 11.3 Å². The standard InChI is InChI=1S/C22H22FNO4S2/c1-30(27,28)20-7-5-15(10-18(20)14-3-4-14)17(9-13-2-6-16(25)8-13)19(26)11-22-24-12-21(23)29-22/h5,7,9-10,12-14H,2-4,6,8,11H2,1H3/b17-9+/t13-/m0/s1. The van der Waals surface area contributed by atoms with Crippen LogP contribution in [-0.2, 0) is 25.8 Å². The van der Waals surface area contributed by atoms with Crippen LogP contribution in [0.5, 0.6) is 0 Å². The molecular weight excluding hydrogens is 425 g/mol. The smallest absolute Gasteiger partial charge is 0.196 e. The van der Waals surface area contributed by atoms with E-state index in [4.69, 9.17) is 0 Å². The highest BCUT2D eigenvalue weighted by Gasteiger charge is 2.30. The Balaban J connectivity index is 1.73. The molecule has 1 heterocycles. The van der Waals surface area contributed by atoms with E-state index in [0.29, 0.717) is 40.3 Å². The van der Waals surface area contributed by atoms with E-state index in [9.17, 15) is 22.4 Å². The fourth-order valence-corrected chi connectivity index (χ4v) is 5.55. The van der Waals surface area contributed by atoms with E-state index >= 15 is 0 Å². The highest BCUT2D eigenvalue weighted by molar-refractivity contribution is 7.90. The molecule has 2 saturated carbocycles. The van der Waals surface area contributed by atoms with Crippen molar-refractivity contribution in [1.82, 2.24) is 4.98 Å². The maximum Gasteiger partial charge on any atom is 0.196 e. The van der Waals surface area contributed by atoms with Gasteiger partial charge in [-0.25, -0.2) is 13.4 Å². The van der Waals surface area contributed by atoms with E-state index < -0.39 is 15.0 Å². The lowest BCUT2D eigenvalue weighted by atomic mass is 9.92. The second kappa shape index (κ2) is 8.15. The lowest BCUT2D eigenvalue weighted by molar-refractivity contribution is -0.117. The molecule has 0 unspecified atom stereocenters. The highest BCUT2D eigenvalue weighted by Crippen LogP contribution is 2.44. The average molecular weight is 448 g/mol. The minimum Gasteiger partial charge on any atom is -0.300 e. The molecule has 0 saturated heterocycles. The third-order valence-corrected chi connectivity index (χ3v) is 7.52. The molecule has 30 heavy (non-hydrogen) atoms. The number of benzene rings is 1. The van der Waals surface area contributed by atoms with Crippen molar-refractivity contribution in [2.75, 3.05) is 6.26 Å². The van der Waals surface area contributed by atoms with Gasteiger partial charge in [0.1, 0.15) is 10.8 Å². The van der Waals surface area contributed by atoms with E-state index in [1.54, 1.807) is 18.2 Å². The number of allylic oxidation sites excluding steroid dienone is 2. The van der Waals surface area contributed by atoms with Crippen LogP contribution in [0.2, 0.25) is 0 Å². The number of sulfone groups is 1. The molecule has 2 aliphatic carbocycles. The quantitative estimate of drug-likeness (QED) is 0.596. The summed E-state index contributed by atoms with van der Waals surface area (Å²) in [7, 11) is -3.38. The molecule has 0 spiro atoms. The van der Waals surface area contributed by atoms with Crippen LogP contribution < -0.4 is 0 Å². The molecule has 0 bridgehead atoms. The van der Waals surface area contributed by atoms with Crippen molar-refractivity contribution in [3.05, 3.63) is 51.7 Å². The van der Waals surface area contributed by atoms with Crippen LogP contribution in [0.15, 0.2) is 35.4 Å². The van der Waals surface area contributed by atoms with Crippen molar-refractivity contribution in [1.29, 1.82) is 0 Å². The Labute approximate surface area is 179 Å². The third kappa shape index (κ3) is 4.75. The van der Waals surface area contributed by atoms with Crippen LogP contribution in [0.1, 0.15) is 54.2 Å². The van der Waals surface area contributed by atoms with Gasteiger partial charge in [0.15, 0.2) is 20.8 Å². The minimum absolute atomic E-state index is 0.0246. The fraction of sp³-hybridized carbons (Fsp3) is 0.409. The zero-order valence-electron chi connectivity index (χ0n) is 16.6. The van der Waals surface area contributed by atoms with Crippen molar-refractivity contribution < 1.29 is 22.4 Å². The van der Waals surface area contributed by atoms with Crippen molar-refractivity contribution >= 4 is 38.3 Å². The highest BCUT2D eigenvalue weighted by atomic mass is 32.2. The normalized spacial score (nSPS) is 20.0. The van der Waals surface area contributed by atoms with Crippen LogP contribution in [-0.4, -0.2) is 31.2 Å². The largest absolute Gasteiger partial charge is 0.300 e. The van der Waals surface area contributed by atoms with E-state index in [2.05, 4.69) is 4.98 Å². The summed E-state index contributed by atoms with van der Waals surface area (Å²) >= 11 is 0.836. The number of Topliss-reactive ketones (excluding diaryl/α,β-unsaturated/α-hetero) is 2. The molecule has 2 aliphatic rings. The molecular formula is C22H22FNO4S2. The van der Waals surface area contributed by atoms with Gasteiger partial charge in [-0.2, -0.15) is 4.39 Å². The first-order valence-corrected chi connectivity index (χ1v) is 12.6. The maximum atomic E-state index is 13.3. The van der Waals surface area contributed by atoms with Gasteiger partial charge in [0.25, 0.3) is 0 Å². The SMILES string of the molecule is CS(=O)(=O)c1ccc(/C(=C\[C@H]2CCC(=O)C2)C(=O)Cc2ncc(F)s2)cc1C1CC1. The molecule has 8 heteroatoms. The topological polar surface area (TPSA) is 81.2 Å². The molecule has 158 valence electrons. The molecule has 5 nitrogen and oxygen atoms in total. The Hall–Kier alpha value is -2.19. The summed E-state index contributed by atoms with van der Waals surface area (Å²) in [6.07, 6.45) is 7.54. The monoisotopic (exact) mass is 447 g/mol. The Morgan fingerprint density at radius 1 is 1.30 bits per heavy atom. The number of hydrogen-bond acceptors (Lipinski definition) is 6.